The zero-order chi connectivity index (χ0) is 19.4. The van der Waals surface area contributed by atoms with E-state index in [0.717, 1.165) is 11.4 Å². The lowest BCUT2D eigenvalue weighted by molar-refractivity contribution is 0.101. The van der Waals surface area contributed by atoms with E-state index in [-0.39, 0.29) is 11.2 Å². The molecule has 0 saturated carbocycles. The highest BCUT2D eigenvalue weighted by Crippen LogP contribution is 2.24. The Balaban J connectivity index is 1.74. The Morgan fingerprint density at radius 2 is 1.67 bits per heavy atom. The predicted octanol–water partition coefficient (Wildman–Crippen LogP) is 5.46. The number of rotatable bonds is 5. The maximum Gasteiger partial charge on any atom is 0.229 e. The molecule has 0 aliphatic carbocycles. The molecular weight excluding hydrogens is 336 g/mol. The fourth-order valence-electron chi connectivity index (χ4n) is 2.64. The second kappa shape index (κ2) is 7.58. The Morgan fingerprint density at radius 1 is 0.926 bits per heavy atom. The minimum absolute atomic E-state index is 0.0300. The first-order chi connectivity index (χ1) is 12.8. The smallest absolute Gasteiger partial charge is 0.229 e. The summed E-state index contributed by atoms with van der Waals surface area (Å²) in [5, 5.41) is 6.43. The van der Waals surface area contributed by atoms with Gasteiger partial charge in [-0.1, -0.05) is 45.0 Å². The number of anilines is 4. The van der Waals surface area contributed by atoms with Crippen molar-refractivity contribution in [3.63, 3.8) is 0 Å². The number of hydrogen-bond acceptors (Lipinski definition) is 5. The van der Waals surface area contributed by atoms with Crippen LogP contribution in [-0.4, -0.2) is 15.8 Å². The zero-order valence-electron chi connectivity index (χ0n) is 16.1. The molecule has 5 nitrogen and oxygen atoms in total. The lowest BCUT2D eigenvalue weighted by atomic mass is 9.87. The van der Waals surface area contributed by atoms with Crippen LogP contribution in [0, 0.1) is 0 Å². The van der Waals surface area contributed by atoms with Crippen LogP contribution in [-0.2, 0) is 5.41 Å². The molecule has 0 radical (unpaired) electrons. The number of hydrogen-bond donors (Lipinski definition) is 2. The highest BCUT2D eigenvalue weighted by atomic mass is 16.1. The third-order valence-corrected chi connectivity index (χ3v) is 4.20. The van der Waals surface area contributed by atoms with Gasteiger partial charge in [-0.3, -0.25) is 4.79 Å². The molecule has 27 heavy (non-hydrogen) atoms. The van der Waals surface area contributed by atoms with Gasteiger partial charge in [-0.15, -0.1) is 0 Å². The van der Waals surface area contributed by atoms with Crippen molar-refractivity contribution in [1.29, 1.82) is 0 Å². The zero-order valence-corrected chi connectivity index (χ0v) is 16.1. The van der Waals surface area contributed by atoms with Crippen molar-refractivity contribution < 1.29 is 4.79 Å². The number of aromatic nitrogens is 2. The molecule has 1 heterocycles. The van der Waals surface area contributed by atoms with Gasteiger partial charge in [0, 0.05) is 23.1 Å². The molecule has 2 aromatic carbocycles. The number of carbonyl (C=O) groups excluding carboxylic acids is 1. The van der Waals surface area contributed by atoms with Gasteiger partial charge in [-0.25, -0.2) is 4.98 Å². The lowest BCUT2D eigenvalue weighted by Gasteiger charge is -2.19. The fraction of sp³-hybridized carbons (Fsp3) is 0.227. The topological polar surface area (TPSA) is 66.9 Å². The molecule has 5 heteroatoms. The van der Waals surface area contributed by atoms with Gasteiger partial charge in [0.2, 0.25) is 5.95 Å². The van der Waals surface area contributed by atoms with E-state index in [0.29, 0.717) is 17.3 Å². The van der Waals surface area contributed by atoms with Crippen LogP contribution in [0.2, 0.25) is 0 Å². The SMILES string of the molecule is CC(=O)c1cccc(Nc2ccnc(Nc3ccc(C(C)(C)C)cc3)n2)c1. The summed E-state index contributed by atoms with van der Waals surface area (Å²) in [4.78, 5) is 20.3. The second-order valence-electron chi connectivity index (χ2n) is 7.48. The van der Waals surface area contributed by atoms with Crippen molar-refractivity contribution in [3.05, 3.63) is 71.9 Å². The average molecular weight is 360 g/mol. The maximum absolute atomic E-state index is 11.5. The number of nitrogens with one attached hydrogen (secondary N) is 2. The summed E-state index contributed by atoms with van der Waals surface area (Å²) in [6, 6.07) is 17.4. The molecule has 2 N–H and O–H groups in total. The van der Waals surface area contributed by atoms with E-state index >= 15 is 0 Å². The molecule has 0 fully saturated rings. The number of carbonyl (C=O) groups is 1. The number of benzene rings is 2. The van der Waals surface area contributed by atoms with Crippen molar-refractivity contribution in [3.8, 4) is 0 Å². The summed E-state index contributed by atoms with van der Waals surface area (Å²) in [5.41, 5.74) is 3.79. The van der Waals surface area contributed by atoms with E-state index in [1.165, 1.54) is 5.56 Å². The summed E-state index contributed by atoms with van der Waals surface area (Å²) in [5.74, 6) is 1.19. The normalized spacial score (nSPS) is 11.1. The second-order valence-corrected chi connectivity index (χ2v) is 7.48. The van der Waals surface area contributed by atoms with E-state index in [1.807, 2.05) is 30.3 Å². The van der Waals surface area contributed by atoms with Crippen LogP contribution in [0.1, 0.15) is 43.6 Å². The van der Waals surface area contributed by atoms with Crippen LogP contribution in [0.3, 0.4) is 0 Å². The van der Waals surface area contributed by atoms with Gasteiger partial charge in [0.15, 0.2) is 5.78 Å². The number of Topliss-reactive ketones (excluding diaryl/α,β-unsaturated/α-hetero) is 1. The Hall–Kier alpha value is -3.21. The molecule has 0 atom stereocenters. The van der Waals surface area contributed by atoms with Crippen molar-refractivity contribution in [2.45, 2.75) is 33.1 Å². The summed E-state index contributed by atoms with van der Waals surface area (Å²) in [7, 11) is 0. The fourth-order valence-corrected chi connectivity index (χ4v) is 2.64. The van der Waals surface area contributed by atoms with Crippen LogP contribution < -0.4 is 10.6 Å². The van der Waals surface area contributed by atoms with Gasteiger partial charge in [0.1, 0.15) is 5.82 Å². The molecule has 0 aliphatic heterocycles. The van der Waals surface area contributed by atoms with Gasteiger partial charge in [0.05, 0.1) is 0 Å². The first-order valence-corrected chi connectivity index (χ1v) is 8.90. The molecule has 1 aromatic heterocycles. The van der Waals surface area contributed by atoms with Crippen molar-refractivity contribution >= 4 is 28.9 Å². The number of ketones is 1. The summed E-state index contributed by atoms with van der Waals surface area (Å²) < 4.78 is 0. The van der Waals surface area contributed by atoms with Crippen molar-refractivity contribution in [1.82, 2.24) is 9.97 Å². The highest BCUT2D eigenvalue weighted by molar-refractivity contribution is 5.95. The molecule has 0 bridgehead atoms. The van der Waals surface area contributed by atoms with Gasteiger partial charge in [0.25, 0.3) is 0 Å². The van der Waals surface area contributed by atoms with E-state index in [1.54, 1.807) is 25.3 Å². The standard InChI is InChI=1S/C22H24N4O/c1-15(27)16-6-5-7-19(14-16)24-20-12-13-23-21(26-20)25-18-10-8-17(9-11-18)22(2,3)4/h5-14H,1-4H3,(H2,23,24,25,26). The molecule has 0 aliphatic rings. The molecule has 0 spiro atoms. The summed E-state index contributed by atoms with van der Waals surface area (Å²) in [6.07, 6.45) is 1.69. The summed E-state index contributed by atoms with van der Waals surface area (Å²) in [6.45, 7) is 8.12. The Bertz CT molecular complexity index is 943. The van der Waals surface area contributed by atoms with E-state index in [9.17, 15) is 4.79 Å². The van der Waals surface area contributed by atoms with Crippen molar-refractivity contribution in [2.24, 2.45) is 0 Å². The van der Waals surface area contributed by atoms with E-state index < -0.39 is 0 Å². The molecule has 0 saturated heterocycles. The van der Waals surface area contributed by atoms with Crippen LogP contribution in [0.25, 0.3) is 0 Å². The van der Waals surface area contributed by atoms with Crippen LogP contribution in [0.15, 0.2) is 60.8 Å². The first kappa shape index (κ1) is 18.6. The Labute approximate surface area is 159 Å². The minimum atomic E-state index is 0.0300. The molecular formula is C22H24N4O. The molecule has 138 valence electrons. The Morgan fingerprint density at radius 3 is 2.33 bits per heavy atom. The predicted molar refractivity (Wildman–Crippen MR) is 110 cm³/mol. The average Bonchev–Trinajstić information content (AvgIpc) is 2.62. The first-order valence-electron chi connectivity index (χ1n) is 8.90. The quantitative estimate of drug-likeness (QED) is 0.591. The Kier molecular flexibility index (Phi) is 5.21. The van der Waals surface area contributed by atoms with Gasteiger partial charge < -0.3 is 10.6 Å². The maximum atomic E-state index is 11.5. The van der Waals surface area contributed by atoms with Gasteiger partial charge in [-0.05, 0) is 48.2 Å². The van der Waals surface area contributed by atoms with Crippen LogP contribution in [0.4, 0.5) is 23.1 Å². The van der Waals surface area contributed by atoms with Gasteiger partial charge >= 0.3 is 0 Å². The van der Waals surface area contributed by atoms with Gasteiger partial charge in [-0.2, -0.15) is 4.98 Å². The molecule has 3 aromatic rings. The van der Waals surface area contributed by atoms with Crippen molar-refractivity contribution in [2.75, 3.05) is 10.6 Å². The minimum Gasteiger partial charge on any atom is -0.340 e. The summed E-state index contributed by atoms with van der Waals surface area (Å²) >= 11 is 0. The molecule has 3 rings (SSSR count). The van der Waals surface area contributed by atoms with E-state index in [2.05, 4.69) is 53.5 Å². The lowest BCUT2D eigenvalue weighted by Crippen LogP contribution is -2.10. The molecule has 0 unspecified atom stereocenters. The van der Waals surface area contributed by atoms with E-state index in [4.69, 9.17) is 0 Å². The number of nitrogens with zero attached hydrogens (tertiary/aromatic N) is 2. The largest absolute Gasteiger partial charge is 0.340 e. The monoisotopic (exact) mass is 360 g/mol. The highest BCUT2D eigenvalue weighted by Gasteiger charge is 2.13. The van der Waals surface area contributed by atoms with Crippen LogP contribution in [0.5, 0.6) is 0 Å². The third-order valence-electron chi connectivity index (χ3n) is 4.20. The third kappa shape index (κ3) is 4.91. The molecule has 0 amide bonds. The van der Waals surface area contributed by atoms with Crippen LogP contribution >= 0.6 is 0 Å².